The van der Waals surface area contributed by atoms with E-state index in [4.69, 9.17) is 9.84 Å². The van der Waals surface area contributed by atoms with Crippen molar-refractivity contribution in [1.29, 1.82) is 0 Å². The van der Waals surface area contributed by atoms with Crippen molar-refractivity contribution in [3.8, 4) is 5.75 Å². The van der Waals surface area contributed by atoms with Gasteiger partial charge in [-0.2, -0.15) is 0 Å². The van der Waals surface area contributed by atoms with Crippen LogP contribution in [0.3, 0.4) is 0 Å². The Morgan fingerprint density at radius 3 is 2.53 bits per heavy atom. The molecule has 0 spiro atoms. The summed E-state index contributed by atoms with van der Waals surface area (Å²) >= 11 is 0. The summed E-state index contributed by atoms with van der Waals surface area (Å²) in [4.78, 5) is 10.6. The van der Waals surface area contributed by atoms with Crippen molar-refractivity contribution in [1.82, 2.24) is 0 Å². The number of aliphatic hydroxyl groups is 1. The Bertz CT molecular complexity index is 403. The minimum absolute atomic E-state index is 0.0530. The van der Waals surface area contributed by atoms with Crippen molar-refractivity contribution in [2.45, 2.75) is 32.8 Å². The van der Waals surface area contributed by atoms with Gasteiger partial charge in [0, 0.05) is 18.1 Å². The SMILES string of the molecule is CC(C)Oc1cccc(C(C)CO)c1[N+](=O)[O-]. The normalized spacial score (nSPS) is 12.5. The van der Waals surface area contributed by atoms with E-state index in [-0.39, 0.29) is 30.1 Å². The maximum atomic E-state index is 11.1. The van der Waals surface area contributed by atoms with E-state index in [1.807, 2.05) is 13.8 Å². The maximum Gasteiger partial charge on any atom is 0.314 e. The molecule has 1 rings (SSSR count). The van der Waals surface area contributed by atoms with Crippen LogP contribution in [-0.2, 0) is 0 Å². The third-order valence-electron chi connectivity index (χ3n) is 2.38. The molecule has 1 aromatic carbocycles. The third kappa shape index (κ3) is 3.17. The Hall–Kier alpha value is -1.62. The summed E-state index contributed by atoms with van der Waals surface area (Å²) in [6.07, 6.45) is -0.131. The van der Waals surface area contributed by atoms with E-state index in [0.29, 0.717) is 5.56 Å². The van der Waals surface area contributed by atoms with Crippen LogP contribution < -0.4 is 4.74 Å². The molecule has 5 heteroatoms. The first-order valence-corrected chi connectivity index (χ1v) is 5.52. The first-order valence-electron chi connectivity index (χ1n) is 5.52. The molecule has 1 atom stereocenters. The van der Waals surface area contributed by atoms with Crippen molar-refractivity contribution >= 4 is 5.69 Å². The van der Waals surface area contributed by atoms with Crippen LogP contribution in [0.25, 0.3) is 0 Å². The van der Waals surface area contributed by atoms with Crippen LogP contribution >= 0.6 is 0 Å². The molecule has 1 N–H and O–H groups in total. The summed E-state index contributed by atoms with van der Waals surface area (Å²) in [6.45, 7) is 5.23. The molecule has 94 valence electrons. The molecule has 0 heterocycles. The average molecular weight is 239 g/mol. The number of ether oxygens (including phenoxy) is 1. The summed E-state index contributed by atoms with van der Waals surface area (Å²) in [7, 11) is 0. The molecule has 17 heavy (non-hydrogen) atoms. The van der Waals surface area contributed by atoms with Crippen LogP contribution in [0.4, 0.5) is 5.69 Å². The van der Waals surface area contributed by atoms with Gasteiger partial charge in [0.2, 0.25) is 0 Å². The molecule has 0 saturated heterocycles. The zero-order chi connectivity index (χ0) is 13.0. The molecule has 1 aromatic rings. The van der Waals surface area contributed by atoms with Gasteiger partial charge in [0.1, 0.15) is 0 Å². The van der Waals surface area contributed by atoms with Gasteiger partial charge in [0.25, 0.3) is 0 Å². The van der Waals surface area contributed by atoms with Crippen molar-refractivity contribution in [2.75, 3.05) is 6.61 Å². The Morgan fingerprint density at radius 2 is 2.06 bits per heavy atom. The third-order valence-corrected chi connectivity index (χ3v) is 2.38. The van der Waals surface area contributed by atoms with E-state index in [2.05, 4.69) is 0 Å². The van der Waals surface area contributed by atoms with Crippen molar-refractivity contribution in [3.05, 3.63) is 33.9 Å². The number of benzene rings is 1. The fourth-order valence-corrected chi connectivity index (χ4v) is 1.58. The lowest BCUT2D eigenvalue weighted by Gasteiger charge is -2.14. The average Bonchev–Trinajstić information content (AvgIpc) is 2.26. The lowest BCUT2D eigenvalue weighted by Crippen LogP contribution is -2.10. The van der Waals surface area contributed by atoms with Crippen LogP contribution in [0.5, 0.6) is 5.75 Å². The number of aliphatic hydroxyl groups excluding tert-OH is 1. The van der Waals surface area contributed by atoms with Gasteiger partial charge in [-0.1, -0.05) is 19.1 Å². The highest BCUT2D eigenvalue weighted by Crippen LogP contribution is 2.35. The first-order chi connectivity index (χ1) is 7.97. The van der Waals surface area contributed by atoms with Crippen LogP contribution in [0.2, 0.25) is 0 Å². The lowest BCUT2D eigenvalue weighted by molar-refractivity contribution is -0.386. The molecular weight excluding hydrogens is 222 g/mol. The predicted molar refractivity (Wildman–Crippen MR) is 64.4 cm³/mol. The predicted octanol–water partition coefficient (Wildman–Crippen LogP) is 2.48. The van der Waals surface area contributed by atoms with Gasteiger partial charge in [0.15, 0.2) is 5.75 Å². The van der Waals surface area contributed by atoms with E-state index >= 15 is 0 Å². The van der Waals surface area contributed by atoms with Crippen molar-refractivity contribution < 1.29 is 14.8 Å². The lowest BCUT2D eigenvalue weighted by atomic mass is 9.99. The molecule has 0 aliphatic carbocycles. The fourth-order valence-electron chi connectivity index (χ4n) is 1.58. The Balaban J connectivity index is 3.26. The molecule has 0 radical (unpaired) electrons. The largest absolute Gasteiger partial charge is 0.484 e. The fraction of sp³-hybridized carbons (Fsp3) is 0.500. The number of rotatable bonds is 5. The number of nitro groups is 1. The highest BCUT2D eigenvalue weighted by Gasteiger charge is 2.24. The van der Waals surface area contributed by atoms with Crippen molar-refractivity contribution in [2.24, 2.45) is 0 Å². The summed E-state index contributed by atoms with van der Waals surface area (Å²) in [5.41, 5.74) is 0.443. The van der Waals surface area contributed by atoms with Gasteiger partial charge >= 0.3 is 5.69 Å². The quantitative estimate of drug-likeness (QED) is 0.632. The number of nitro benzene ring substituents is 1. The molecule has 5 nitrogen and oxygen atoms in total. The van der Waals surface area contributed by atoms with Gasteiger partial charge < -0.3 is 9.84 Å². The van der Waals surface area contributed by atoms with Crippen LogP contribution in [-0.4, -0.2) is 22.7 Å². The second-order valence-corrected chi connectivity index (χ2v) is 4.20. The highest BCUT2D eigenvalue weighted by molar-refractivity contribution is 5.54. The van der Waals surface area contributed by atoms with Crippen molar-refractivity contribution in [3.63, 3.8) is 0 Å². The minimum Gasteiger partial charge on any atom is -0.484 e. The Labute approximate surface area is 100 Å². The second kappa shape index (κ2) is 5.63. The molecular formula is C12H17NO4. The number of hydrogen-bond acceptors (Lipinski definition) is 4. The summed E-state index contributed by atoms with van der Waals surface area (Å²) in [5, 5.41) is 20.2. The molecule has 1 unspecified atom stereocenters. The summed E-state index contributed by atoms with van der Waals surface area (Å²) in [6, 6.07) is 4.92. The standard InChI is InChI=1S/C12H17NO4/c1-8(2)17-11-6-4-5-10(9(3)7-14)12(11)13(15)16/h4-6,8-9,14H,7H2,1-3H3. The smallest absolute Gasteiger partial charge is 0.314 e. The summed E-state index contributed by atoms with van der Waals surface area (Å²) in [5.74, 6) is -0.0334. The number of para-hydroxylation sites is 1. The van der Waals surface area contributed by atoms with Gasteiger partial charge in [-0.25, -0.2) is 0 Å². The molecule has 0 aliphatic rings. The molecule has 0 bridgehead atoms. The second-order valence-electron chi connectivity index (χ2n) is 4.20. The summed E-state index contributed by atoms with van der Waals surface area (Å²) < 4.78 is 5.42. The molecule has 0 saturated carbocycles. The number of nitrogens with zero attached hydrogens (tertiary/aromatic N) is 1. The van der Waals surface area contributed by atoms with E-state index < -0.39 is 4.92 Å². The maximum absolute atomic E-state index is 11.1. The topological polar surface area (TPSA) is 72.6 Å². The van der Waals surface area contributed by atoms with Gasteiger partial charge in [-0.15, -0.1) is 0 Å². The Morgan fingerprint density at radius 1 is 1.41 bits per heavy atom. The van der Waals surface area contributed by atoms with Crippen LogP contribution in [0.1, 0.15) is 32.3 Å². The zero-order valence-electron chi connectivity index (χ0n) is 10.2. The van der Waals surface area contributed by atoms with E-state index in [9.17, 15) is 10.1 Å². The van der Waals surface area contributed by atoms with E-state index in [0.717, 1.165) is 0 Å². The first kappa shape index (κ1) is 13.4. The van der Waals surface area contributed by atoms with Crippen LogP contribution in [0, 0.1) is 10.1 Å². The monoisotopic (exact) mass is 239 g/mol. The highest BCUT2D eigenvalue weighted by atomic mass is 16.6. The van der Waals surface area contributed by atoms with Gasteiger partial charge in [0.05, 0.1) is 11.0 Å². The molecule has 0 fully saturated rings. The van der Waals surface area contributed by atoms with Gasteiger partial charge in [-0.05, 0) is 19.9 Å². The molecule has 0 aliphatic heterocycles. The van der Waals surface area contributed by atoms with E-state index in [1.54, 1.807) is 25.1 Å². The van der Waals surface area contributed by atoms with E-state index in [1.165, 1.54) is 0 Å². The molecule has 0 aromatic heterocycles. The Kier molecular flexibility index (Phi) is 4.45. The van der Waals surface area contributed by atoms with Gasteiger partial charge in [-0.3, -0.25) is 10.1 Å². The zero-order valence-corrected chi connectivity index (χ0v) is 10.2. The minimum atomic E-state index is -0.459. The number of hydrogen-bond donors (Lipinski definition) is 1. The van der Waals surface area contributed by atoms with Crippen LogP contribution in [0.15, 0.2) is 18.2 Å². The molecule has 0 amide bonds.